The number of rotatable bonds is 11. The van der Waals surface area contributed by atoms with Gasteiger partial charge in [-0.25, -0.2) is 24.6 Å². The number of nitrogen functional groups attached to an aromatic ring is 1. The van der Waals surface area contributed by atoms with Gasteiger partial charge in [-0.05, 0) is 30.7 Å². The van der Waals surface area contributed by atoms with Crippen molar-refractivity contribution < 1.29 is 13.9 Å². The van der Waals surface area contributed by atoms with E-state index in [-0.39, 0.29) is 24.7 Å². The number of anilines is 1. The van der Waals surface area contributed by atoms with Gasteiger partial charge in [0.05, 0.1) is 17.9 Å². The smallest absolute Gasteiger partial charge is 0.179 e. The molecule has 1 aromatic heterocycles. The Labute approximate surface area is 212 Å². The maximum atomic E-state index is 14.3. The number of likely N-dealkylation sites (N-methyl/N-ethyl adjacent to an activating group) is 1. The number of pyridine rings is 1. The third-order valence-corrected chi connectivity index (χ3v) is 5.14. The number of benzene rings is 1. The number of amidine groups is 1. The highest BCUT2D eigenvalue weighted by Gasteiger charge is 2.14. The van der Waals surface area contributed by atoms with Gasteiger partial charge in [-0.3, -0.25) is 4.90 Å². The Hall–Kier alpha value is -3.40. The normalized spacial score (nSPS) is 12.3. The molecule has 0 atom stereocenters. The van der Waals surface area contributed by atoms with Crippen LogP contribution in [0.5, 0.6) is 0 Å². The summed E-state index contributed by atoms with van der Waals surface area (Å²) in [6.45, 7) is 13.5. The molecule has 0 unspecified atom stereocenters. The van der Waals surface area contributed by atoms with Gasteiger partial charge in [-0.2, -0.15) is 0 Å². The first-order chi connectivity index (χ1) is 17.3. The van der Waals surface area contributed by atoms with Crippen LogP contribution in [0.25, 0.3) is 11.1 Å². The van der Waals surface area contributed by atoms with E-state index in [1.807, 2.05) is 45.0 Å². The predicted octanol–water partition coefficient (Wildman–Crippen LogP) is 5.01. The number of aliphatic hydroxyl groups is 1. The van der Waals surface area contributed by atoms with E-state index in [0.717, 1.165) is 29.8 Å². The van der Waals surface area contributed by atoms with Gasteiger partial charge in [-0.15, -0.1) is 0 Å². The number of hydrazine groups is 1. The SMILES string of the molecule is C=C(N=C(NN)c1cc(-c2ccc(CN(CC)CCO)cc2)cnc1N)/C(F)=C(/F)C/C=C\C.CC. The molecule has 0 saturated heterocycles. The lowest BCUT2D eigenvalue weighted by Gasteiger charge is -2.19. The van der Waals surface area contributed by atoms with E-state index < -0.39 is 17.4 Å². The van der Waals surface area contributed by atoms with Crippen LogP contribution in [-0.2, 0) is 6.54 Å². The fourth-order valence-electron chi connectivity index (χ4n) is 3.20. The summed E-state index contributed by atoms with van der Waals surface area (Å²) in [4.78, 5) is 10.3. The largest absolute Gasteiger partial charge is 0.395 e. The standard InChI is InChI=1S/C25H32F2N6O.C2H6/c1-4-6-7-22(26)23(27)17(3)31-25(32-29)21-14-20(15-30-24(21)28)19-10-8-18(9-11-19)16-33(5-2)12-13-34;1-2/h4,6,8-11,14-15,34H,3,5,7,12-13,16,29H2,1-2H3,(H2,28,30)(H,31,32);1-2H3/b6-4-,23-22-;. The first-order valence-electron chi connectivity index (χ1n) is 11.9. The summed E-state index contributed by atoms with van der Waals surface area (Å²) in [7, 11) is 0. The number of hydrogen-bond acceptors (Lipinski definition) is 6. The van der Waals surface area contributed by atoms with E-state index in [1.165, 1.54) is 6.08 Å². The summed E-state index contributed by atoms with van der Waals surface area (Å²) >= 11 is 0. The van der Waals surface area contributed by atoms with Crippen molar-refractivity contribution in [2.24, 2.45) is 10.8 Å². The zero-order chi connectivity index (χ0) is 27.1. The van der Waals surface area contributed by atoms with E-state index >= 15 is 0 Å². The Morgan fingerprint density at radius 1 is 1.22 bits per heavy atom. The molecule has 0 bridgehead atoms. The number of aromatic nitrogens is 1. The monoisotopic (exact) mass is 500 g/mol. The molecule has 0 spiro atoms. The van der Waals surface area contributed by atoms with Crippen LogP contribution in [0.3, 0.4) is 0 Å². The average molecular weight is 501 g/mol. The summed E-state index contributed by atoms with van der Waals surface area (Å²) in [5.74, 6) is 3.58. The van der Waals surface area contributed by atoms with Crippen LogP contribution in [0.15, 0.2) is 77.6 Å². The first-order valence-corrected chi connectivity index (χ1v) is 11.9. The molecule has 6 N–H and O–H groups in total. The molecule has 0 aliphatic heterocycles. The number of allylic oxidation sites excluding steroid dienone is 4. The summed E-state index contributed by atoms with van der Waals surface area (Å²) in [5, 5.41) is 9.17. The Bertz CT molecular complexity index is 1060. The van der Waals surface area contributed by atoms with Crippen LogP contribution in [0.4, 0.5) is 14.6 Å². The number of halogens is 2. The number of hydrogen-bond donors (Lipinski definition) is 4. The van der Waals surface area contributed by atoms with Gasteiger partial charge < -0.3 is 16.3 Å². The van der Waals surface area contributed by atoms with Crippen molar-refractivity contribution in [2.45, 2.75) is 40.7 Å². The van der Waals surface area contributed by atoms with Crippen LogP contribution < -0.4 is 17.0 Å². The number of aliphatic hydroxyl groups excluding tert-OH is 1. The molecule has 196 valence electrons. The van der Waals surface area contributed by atoms with Crippen LogP contribution in [0.2, 0.25) is 0 Å². The lowest BCUT2D eigenvalue weighted by Crippen LogP contribution is -2.32. The number of nitrogens with two attached hydrogens (primary N) is 2. The Morgan fingerprint density at radius 2 is 1.89 bits per heavy atom. The van der Waals surface area contributed by atoms with Gasteiger partial charge in [0.15, 0.2) is 11.7 Å². The fourth-order valence-corrected chi connectivity index (χ4v) is 3.20. The minimum Gasteiger partial charge on any atom is -0.395 e. The molecule has 1 aromatic carbocycles. The summed E-state index contributed by atoms with van der Waals surface area (Å²) < 4.78 is 28.3. The first kappa shape index (κ1) is 30.6. The summed E-state index contributed by atoms with van der Waals surface area (Å²) in [5.41, 5.74) is 11.0. The Kier molecular flexibility index (Phi) is 13.9. The third kappa shape index (κ3) is 8.99. The second-order valence-corrected chi connectivity index (χ2v) is 7.49. The van der Waals surface area contributed by atoms with Gasteiger partial charge >= 0.3 is 0 Å². The highest BCUT2D eigenvalue weighted by Crippen LogP contribution is 2.25. The molecule has 0 fully saturated rings. The quantitative estimate of drug-likeness (QED) is 0.0861. The second kappa shape index (κ2) is 16.3. The van der Waals surface area contributed by atoms with Crippen molar-refractivity contribution in [3.63, 3.8) is 0 Å². The predicted molar refractivity (Wildman–Crippen MR) is 145 cm³/mol. The molecular formula is C27H38F2N6O. The maximum Gasteiger partial charge on any atom is 0.179 e. The van der Waals surface area contributed by atoms with Gasteiger partial charge in [0.1, 0.15) is 11.6 Å². The fraction of sp³-hybridized carbons (Fsp3) is 0.333. The zero-order valence-electron chi connectivity index (χ0n) is 21.6. The third-order valence-electron chi connectivity index (χ3n) is 5.14. The van der Waals surface area contributed by atoms with Crippen molar-refractivity contribution in [3.05, 3.63) is 83.7 Å². The number of nitrogens with zero attached hydrogens (tertiary/aromatic N) is 3. The molecule has 9 heteroatoms. The van der Waals surface area contributed by atoms with Gasteiger partial charge in [0.25, 0.3) is 0 Å². The molecule has 2 aromatic rings. The molecule has 2 rings (SSSR count). The number of nitrogens with one attached hydrogen (secondary N) is 1. The van der Waals surface area contributed by atoms with Gasteiger partial charge in [-0.1, -0.05) is 63.8 Å². The van der Waals surface area contributed by atoms with E-state index in [9.17, 15) is 8.78 Å². The highest BCUT2D eigenvalue weighted by atomic mass is 19.2. The summed E-state index contributed by atoms with van der Waals surface area (Å²) in [6, 6.07) is 9.60. The van der Waals surface area contributed by atoms with Crippen molar-refractivity contribution >= 4 is 11.7 Å². The van der Waals surface area contributed by atoms with Crippen molar-refractivity contribution in [1.82, 2.24) is 15.3 Å². The van der Waals surface area contributed by atoms with E-state index in [1.54, 1.807) is 25.3 Å². The number of aliphatic imine (C=N–C) groups is 1. The molecule has 0 aliphatic carbocycles. The highest BCUT2D eigenvalue weighted by molar-refractivity contribution is 6.03. The van der Waals surface area contributed by atoms with E-state index in [2.05, 4.69) is 26.9 Å². The average Bonchev–Trinajstić information content (AvgIpc) is 2.91. The molecule has 36 heavy (non-hydrogen) atoms. The minimum absolute atomic E-state index is 0.00467. The maximum absolute atomic E-state index is 14.3. The lowest BCUT2D eigenvalue weighted by atomic mass is 10.0. The van der Waals surface area contributed by atoms with E-state index in [0.29, 0.717) is 12.1 Å². The van der Waals surface area contributed by atoms with E-state index in [4.69, 9.17) is 16.7 Å². The van der Waals surface area contributed by atoms with Gasteiger partial charge in [0, 0.05) is 31.3 Å². The van der Waals surface area contributed by atoms with Crippen LogP contribution in [0.1, 0.15) is 45.2 Å². The Balaban J connectivity index is 0.00000316. The summed E-state index contributed by atoms with van der Waals surface area (Å²) in [6.07, 6.45) is 4.51. The minimum atomic E-state index is -1.16. The van der Waals surface area contributed by atoms with Crippen LogP contribution in [-0.4, -0.2) is 40.5 Å². The second-order valence-electron chi connectivity index (χ2n) is 7.49. The molecule has 0 saturated carbocycles. The lowest BCUT2D eigenvalue weighted by molar-refractivity contribution is 0.197. The van der Waals surface area contributed by atoms with Crippen molar-refractivity contribution in [1.29, 1.82) is 0 Å². The zero-order valence-corrected chi connectivity index (χ0v) is 21.6. The van der Waals surface area contributed by atoms with Crippen molar-refractivity contribution in [2.75, 3.05) is 25.4 Å². The molecule has 1 heterocycles. The molecular weight excluding hydrogens is 462 g/mol. The van der Waals surface area contributed by atoms with Crippen LogP contribution in [0, 0.1) is 0 Å². The van der Waals surface area contributed by atoms with Crippen molar-refractivity contribution in [3.8, 4) is 11.1 Å². The molecule has 7 nitrogen and oxygen atoms in total. The Morgan fingerprint density at radius 3 is 2.44 bits per heavy atom. The topological polar surface area (TPSA) is 113 Å². The van der Waals surface area contributed by atoms with Crippen LogP contribution >= 0.6 is 0 Å². The molecule has 0 radical (unpaired) electrons. The van der Waals surface area contributed by atoms with Gasteiger partial charge in [0.2, 0.25) is 0 Å². The molecule has 0 amide bonds. The molecule has 0 aliphatic rings.